The Labute approximate surface area is 214 Å². The Hall–Kier alpha value is -3.48. The largest absolute Gasteiger partial charge is 0.369 e. The minimum atomic E-state index is -3.55. The molecule has 1 saturated heterocycles. The van der Waals surface area contributed by atoms with Crippen molar-refractivity contribution in [3.63, 3.8) is 0 Å². The van der Waals surface area contributed by atoms with Crippen molar-refractivity contribution in [3.05, 3.63) is 59.8 Å². The molecular weight excluding hydrogens is 502 g/mol. The van der Waals surface area contributed by atoms with Crippen LogP contribution in [0, 0.1) is 0 Å². The van der Waals surface area contributed by atoms with Crippen LogP contribution in [0.4, 0.5) is 23.1 Å². The Morgan fingerprint density at radius 2 is 1.83 bits per heavy atom. The highest BCUT2D eigenvalue weighted by molar-refractivity contribution is 7.92. The summed E-state index contributed by atoms with van der Waals surface area (Å²) in [7, 11) is -2.13. The average Bonchev–Trinajstić information content (AvgIpc) is 3.27. The van der Waals surface area contributed by atoms with Crippen molar-refractivity contribution < 1.29 is 8.42 Å². The Morgan fingerprint density at radius 1 is 1.08 bits per heavy atom. The zero-order valence-electron chi connectivity index (χ0n) is 19.9. The lowest BCUT2D eigenvalue weighted by Crippen LogP contribution is -2.43. The molecule has 5 rings (SSSR count). The molecule has 1 aliphatic rings. The van der Waals surface area contributed by atoms with E-state index in [-0.39, 0.29) is 17.5 Å². The zero-order valence-corrected chi connectivity index (χ0v) is 21.5. The van der Waals surface area contributed by atoms with Crippen LogP contribution in [0.25, 0.3) is 11.0 Å². The van der Waals surface area contributed by atoms with E-state index in [4.69, 9.17) is 16.6 Å². The van der Waals surface area contributed by atoms with Gasteiger partial charge in [-0.2, -0.15) is 4.98 Å². The summed E-state index contributed by atoms with van der Waals surface area (Å²) >= 11 is 6.00. The molecule has 0 spiro atoms. The van der Waals surface area contributed by atoms with Crippen LogP contribution in [0.15, 0.2) is 48.9 Å². The predicted molar refractivity (Wildman–Crippen MR) is 142 cm³/mol. The summed E-state index contributed by atoms with van der Waals surface area (Å²) < 4.78 is 27.2. The van der Waals surface area contributed by atoms with Gasteiger partial charge < -0.3 is 20.1 Å². The molecule has 3 aromatic heterocycles. The van der Waals surface area contributed by atoms with Gasteiger partial charge in [0.2, 0.25) is 16.0 Å². The topological polar surface area (TPSA) is 121 Å². The highest BCUT2D eigenvalue weighted by atomic mass is 35.5. The van der Waals surface area contributed by atoms with Gasteiger partial charge in [-0.25, -0.2) is 18.4 Å². The van der Waals surface area contributed by atoms with Gasteiger partial charge in [-0.15, -0.1) is 0 Å². The van der Waals surface area contributed by atoms with Gasteiger partial charge >= 0.3 is 0 Å². The summed E-state index contributed by atoms with van der Waals surface area (Å²) in [4.78, 5) is 20.0. The Bertz CT molecular complexity index is 1490. The van der Waals surface area contributed by atoms with Crippen molar-refractivity contribution >= 4 is 55.8 Å². The molecule has 11 nitrogen and oxygen atoms in total. The predicted octanol–water partition coefficient (Wildman–Crippen LogP) is 2.47. The van der Waals surface area contributed by atoms with Crippen LogP contribution in [0.1, 0.15) is 5.69 Å². The molecule has 36 heavy (non-hydrogen) atoms. The summed E-state index contributed by atoms with van der Waals surface area (Å²) in [6, 6.07) is 10.1. The Morgan fingerprint density at radius 3 is 2.56 bits per heavy atom. The van der Waals surface area contributed by atoms with Crippen LogP contribution in [0.2, 0.25) is 5.15 Å². The minimum absolute atomic E-state index is 0.110. The summed E-state index contributed by atoms with van der Waals surface area (Å²) in [6.07, 6.45) is 6.10. The van der Waals surface area contributed by atoms with Gasteiger partial charge in [0.05, 0.1) is 19.0 Å². The molecule has 4 aromatic rings. The van der Waals surface area contributed by atoms with E-state index in [1.807, 2.05) is 29.0 Å². The first-order valence-corrected chi connectivity index (χ1v) is 13.6. The molecule has 1 aromatic carbocycles. The second-order valence-corrected chi connectivity index (χ2v) is 10.9. The van der Waals surface area contributed by atoms with E-state index in [1.165, 1.54) is 18.9 Å². The average molecular weight is 528 g/mol. The van der Waals surface area contributed by atoms with Crippen LogP contribution in [-0.4, -0.2) is 72.4 Å². The second-order valence-electron chi connectivity index (χ2n) is 8.52. The number of nitrogens with one attached hydrogen (secondary N) is 2. The van der Waals surface area contributed by atoms with Crippen molar-refractivity contribution in [2.24, 2.45) is 0 Å². The first-order valence-electron chi connectivity index (χ1n) is 11.4. The quantitative estimate of drug-likeness (QED) is 0.373. The maximum absolute atomic E-state index is 12.1. The number of sulfonamides is 1. The highest BCUT2D eigenvalue weighted by Gasteiger charge is 2.20. The normalized spacial score (nSPS) is 14.2. The Balaban J connectivity index is 1.39. The van der Waals surface area contributed by atoms with Crippen molar-refractivity contribution in [3.8, 4) is 0 Å². The minimum Gasteiger partial charge on any atom is -0.369 e. The number of piperazine rings is 1. The SMILES string of the molecule is CN(c1nc(Cl)cnc1Cn1ccc2cnc(Nc3ccc(N4CCNCC4)cc3)nc21)S(C)(=O)=O. The van der Waals surface area contributed by atoms with Gasteiger partial charge in [0, 0.05) is 62.4 Å². The van der Waals surface area contributed by atoms with Crippen LogP contribution in [0.5, 0.6) is 0 Å². The van der Waals surface area contributed by atoms with Crippen molar-refractivity contribution in [1.82, 2.24) is 29.8 Å². The third-order valence-electron chi connectivity index (χ3n) is 6.02. The standard InChI is InChI=1S/C23H26ClN9O2S/c1-31(36(2,34)35)22-19(26-14-20(24)29-22)15-33-10-7-16-13-27-23(30-21(16)33)28-17-3-5-18(6-4-17)32-11-8-25-9-12-32/h3-7,10,13-14,25H,8-9,11-12,15H2,1-2H3,(H,27,28,30). The molecule has 0 bridgehead atoms. The van der Waals surface area contributed by atoms with E-state index in [0.29, 0.717) is 17.3 Å². The highest BCUT2D eigenvalue weighted by Crippen LogP contribution is 2.24. The summed E-state index contributed by atoms with van der Waals surface area (Å²) in [5.41, 5.74) is 3.19. The molecule has 1 aliphatic heterocycles. The second kappa shape index (κ2) is 9.88. The van der Waals surface area contributed by atoms with E-state index in [1.54, 1.807) is 6.20 Å². The molecule has 0 amide bonds. The maximum atomic E-state index is 12.1. The summed E-state index contributed by atoms with van der Waals surface area (Å²) in [6.45, 7) is 4.20. The number of rotatable bonds is 7. The molecule has 13 heteroatoms. The van der Waals surface area contributed by atoms with Crippen LogP contribution in [-0.2, 0) is 16.6 Å². The van der Waals surface area contributed by atoms with Crippen LogP contribution in [0.3, 0.4) is 0 Å². The Kier molecular flexibility index (Phi) is 6.65. The maximum Gasteiger partial charge on any atom is 0.233 e. The van der Waals surface area contributed by atoms with E-state index in [9.17, 15) is 8.42 Å². The molecule has 0 unspecified atom stereocenters. The van der Waals surface area contributed by atoms with Gasteiger partial charge in [0.25, 0.3) is 0 Å². The summed E-state index contributed by atoms with van der Waals surface area (Å²) in [5, 5.41) is 7.58. The third kappa shape index (κ3) is 5.20. The van der Waals surface area contributed by atoms with Crippen molar-refractivity contribution in [2.45, 2.75) is 6.54 Å². The van der Waals surface area contributed by atoms with E-state index < -0.39 is 10.0 Å². The van der Waals surface area contributed by atoms with Crippen LogP contribution < -0.4 is 19.8 Å². The fraction of sp³-hybridized carbons (Fsp3) is 0.304. The molecular formula is C23H26ClN9O2S. The number of fused-ring (bicyclic) bond motifs is 1. The number of anilines is 4. The lowest BCUT2D eigenvalue weighted by Gasteiger charge is -2.29. The lowest BCUT2D eigenvalue weighted by atomic mass is 10.2. The molecule has 1 fully saturated rings. The molecule has 188 valence electrons. The van der Waals surface area contributed by atoms with Gasteiger partial charge in [-0.1, -0.05) is 11.6 Å². The molecule has 0 atom stereocenters. The molecule has 2 N–H and O–H groups in total. The van der Waals surface area contributed by atoms with Gasteiger partial charge in [0.1, 0.15) is 16.5 Å². The lowest BCUT2D eigenvalue weighted by molar-refractivity contribution is 0.589. The van der Waals surface area contributed by atoms with E-state index in [2.05, 4.69) is 42.6 Å². The monoisotopic (exact) mass is 527 g/mol. The van der Waals surface area contributed by atoms with Crippen LogP contribution >= 0.6 is 11.6 Å². The van der Waals surface area contributed by atoms with Gasteiger partial charge in [0.15, 0.2) is 5.82 Å². The summed E-state index contributed by atoms with van der Waals surface area (Å²) in [5.74, 6) is 0.622. The van der Waals surface area contributed by atoms with E-state index >= 15 is 0 Å². The number of aromatic nitrogens is 5. The smallest absolute Gasteiger partial charge is 0.233 e. The van der Waals surface area contributed by atoms with Crippen molar-refractivity contribution in [1.29, 1.82) is 0 Å². The molecule has 0 aliphatic carbocycles. The number of halogens is 1. The molecule has 0 radical (unpaired) electrons. The molecule has 4 heterocycles. The zero-order chi connectivity index (χ0) is 25.3. The fourth-order valence-corrected chi connectivity index (χ4v) is 4.62. The first-order chi connectivity index (χ1) is 17.3. The number of hydrogen-bond acceptors (Lipinski definition) is 9. The number of benzene rings is 1. The van der Waals surface area contributed by atoms with E-state index in [0.717, 1.165) is 47.8 Å². The first kappa shape index (κ1) is 24.2. The number of hydrogen-bond donors (Lipinski definition) is 2. The van der Waals surface area contributed by atoms with Crippen molar-refractivity contribution in [2.75, 3.05) is 54.0 Å². The third-order valence-corrected chi connectivity index (χ3v) is 7.37. The number of nitrogens with zero attached hydrogens (tertiary/aromatic N) is 7. The molecule has 0 saturated carbocycles. The van der Waals surface area contributed by atoms with Gasteiger partial charge in [-0.3, -0.25) is 9.29 Å². The fourth-order valence-electron chi connectivity index (χ4n) is 4.03. The van der Waals surface area contributed by atoms with Gasteiger partial charge in [-0.05, 0) is 30.3 Å².